The molecule has 0 spiro atoms. The van der Waals surface area contributed by atoms with Crippen molar-refractivity contribution < 1.29 is 4.74 Å². The maximum Gasteiger partial charge on any atom is 0.0600 e. The minimum atomic E-state index is 0.242. The second kappa shape index (κ2) is 11.7. The Hall–Kier alpha value is -1.55. The van der Waals surface area contributed by atoms with Gasteiger partial charge in [0.2, 0.25) is 0 Å². The standard InChI is InChI=1S/C23H29ClN2.C3H8O/c1-26-16-18-15-19(24)12-13-20(18)23(21-8-4-5-9-22(21)26)25-14-6-2-3-7-17-10-11-17;1-3-4-2/h4-5,8-9,12-13,15,17,23,25H,2-3,6-7,10-11,14,16H2,1H3;3H2,1-2H3. The van der Waals surface area contributed by atoms with E-state index in [-0.39, 0.29) is 6.04 Å². The summed E-state index contributed by atoms with van der Waals surface area (Å²) in [6.07, 6.45) is 8.38. The molecule has 1 unspecified atom stereocenters. The van der Waals surface area contributed by atoms with Crippen molar-refractivity contribution in [2.24, 2.45) is 5.92 Å². The fourth-order valence-corrected chi connectivity index (χ4v) is 4.38. The van der Waals surface area contributed by atoms with E-state index in [1.54, 1.807) is 7.11 Å². The van der Waals surface area contributed by atoms with Crippen LogP contribution in [0.15, 0.2) is 42.5 Å². The number of ether oxygens (including phenoxy) is 1. The molecule has 1 saturated carbocycles. The number of fused-ring (bicyclic) bond motifs is 2. The van der Waals surface area contributed by atoms with E-state index in [1.807, 2.05) is 13.0 Å². The molecule has 2 aromatic carbocycles. The van der Waals surface area contributed by atoms with Crippen molar-refractivity contribution in [1.29, 1.82) is 0 Å². The first-order valence-electron chi connectivity index (χ1n) is 11.4. The summed E-state index contributed by atoms with van der Waals surface area (Å²) < 4.78 is 4.54. The Labute approximate surface area is 187 Å². The van der Waals surface area contributed by atoms with Crippen LogP contribution < -0.4 is 10.2 Å². The van der Waals surface area contributed by atoms with E-state index in [4.69, 9.17) is 11.6 Å². The van der Waals surface area contributed by atoms with E-state index in [0.29, 0.717) is 0 Å². The number of anilines is 1. The highest BCUT2D eigenvalue weighted by molar-refractivity contribution is 6.30. The van der Waals surface area contributed by atoms with Crippen LogP contribution in [0.25, 0.3) is 0 Å². The molecule has 30 heavy (non-hydrogen) atoms. The van der Waals surface area contributed by atoms with Crippen LogP contribution in [0.2, 0.25) is 5.02 Å². The molecule has 1 N–H and O–H groups in total. The van der Waals surface area contributed by atoms with E-state index in [2.05, 4.69) is 58.4 Å². The Kier molecular flexibility index (Phi) is 9.05. The molecule has 0 amide bonds. The van der Waals surface area contributed by atoms with Crippen molar-refractivity contribution in [2.45, 2.75) is 58.0 Å². The van der Waals surface area contributed by atoms with Gasteiger partial charge in [0.15, 0.2) is 0 Å². The van der Waals surface area contributed by atoms with Gasteiger partial charge in [0.1, 0.15) is 0 Å². The maximum atomic E-state index is 6.29. The number of hydrogen-bond acceptors (Lipinski definition) is 3. The van der Waals surface area contributed by atoms with Crippen LogP contribution in [0.4, 0.5) is 5.69 Å². The van der Waals surface area contributed by atoms with Crippen LogP contribution in [0.3, 0.4) is 0 Å². The molecule has 1 aliphatic heterocycles. The van der Waals surface area contributed by atoms with Gasteiger partial charge in [0.25, 0.3) is 0 Å². The Bertz CT molecular complexity index is 788. The van der Waals surface area contributed by atoms with Gasteiger partial charge in [-0.15, -0.1) is 0 Å². The average Bonchev–Trinajstić information content (AvgIpc) is 3.59. The van der Waals surface area contributed by atoms with Crippen molar-refractivity contribution in [3.63, 3.8) is 0 Å². The van der Waals surface area contributed by atoms with Crippen LogP contribution in [0.1, 0.15) is 68.2 Å². The number of para-hydroxylation sites is 1. The molecule has 1 atom stereocenters. The summed E-state index contributed by atoms with van der Waals surface area (Å²) in [6, 6.07) is 15.4. The number of benzene rings is 2. The third-order valence-electron chi connectivity index (χ3n) is 6.11. The Morgan fingerprint density at radius 1 is 1.07 bits per heavy atom. The van der Waals surface area contributed by atoms with Crippen molar-refractivity contribution in [1.82, 2.24) is 5.32 Å². The van der Waals surface area contributed by atoms with E-state index in [0.717, 1.165) is 30.6 Å². The molecule has 164 valence electrons. The van der Waals surface area contributed by atoms with Crippen LogP contribution in [-0.4, -0.2) is 27.3 Å². The number of rotatable bonds is 8. The number of nitrogens with zero attached hydrogens (tertiary/aromatic N) is 1. The molecule has 0 radical (unpaired) electrons. The van der Waals surface area contributed by atoms with E-state index < -0.39 is 0 Å². The lowest BCUT2D eigenvalue weighted by Crippen LogP contribution is -2.24. The van der Waals surface area contributed by atoms with E-state index in [1.165, 1.54) is 60.9 Å². The smallest absolute Gasteiger partial charge is 0.0600 e. The normalized spacial score (nSPS) is 17.5. The van der Waals surface area contributed by atoms with Gasteiger partial charge < -0.3 is 15.0 Å². The minimum absolute atomic E-state index is 0.242. The zero-order valence-corrected chi connectivity index (χ0v) is 19.5. The third kappa shape index (κ3) is 6.47. The quantitative estimate of drug-likeness (QED) is 0.480. The molecular formula is C26H37ClN2O. The van der Waals surface area contributed by atoms with Gasteiger partial charge in [0.05, 0.1) is 6.04 Å². The minimum Gasteiger partial charge on any atom is -0.385 e. The molecule has 2 aromatic rings. The molecule has 0 saturated heterocycles. The molecule has 3 nitrogen and oxygen atoms in total. The first kappa shape index (κ1) is 23.1. The second-order valence-electron chi connectivity index (χ2n) is 8.52. The Morgan fingerprint density at radius 2 is 1.83 bits per heavy atom. The van der Waals surface area contributed by atoms with Gasteiger partial charge in [-0.2, -0.15) is 0 Å². The fraction of sp³-hybridized carbons (Fsp3) is 0.538. The molecule has 1 fully saturated rings. The summed E-state index contributed by atoms with van der Waals surface area (Å²) in [5.74, 6) is 1.06. The summed E-state index contributed by atoms with van der Waals surface area (Å²) in [5.41, 5.74) is 5.37. The van der Waals surface area contributed by atoms with Crippen molar-refractivity contribution in [3.05, 3.63) is 64.2 Å². The lowest BCUT2D eigenvalue weighted by atomic mass is 9.94. The molecule has 2 aliphatic rings. The van der Waals surface area contributed by atoms with Crippen molar-refractivity contribution >= 4 is 17.3 Å². The molecule has 0 aromatic heterocycles. The lowest BCUT2D eigenvalue weighted by Gasteiger charge is -2.23. The number of unbranched alkanes of at least 4 members (excludes halogenated alkanes) is 2. The molecule has 1 heterocycles. The molecular weight excluding hydrogens is 392 g/mol. The highest BCUT2D eigenvalue weighted by atomic mass is 35.5. The highest BCUT2D eigenvalue weighted by Gasteiger charge is 2.25. The highest BCUT2D eigenvalue weighted by Crippen LogP contribution is 2.37. The summed E-state index contributed by atoms with van der Waals surface area (Å²) in [7, 11) is 3.85. The third-order valence-corrected chi connectivity index (χ3v) is 6.34. The van der Waals surface area contributed by atoms with E-state index >= 15 is 0 Å². The van der Waals surface area contributed by atoms with Crippen molar-refractivity contribution in [3.8, 4) is 0 Å². The van der Waals surface area contributed by atoms with Crippen LogP contribution >= 0.6 is 11.6 Å². The van der Waals surface area contributed by atoms with Crippen molar-refractivity contribution in [2.75, 3.05) is 32.2 Å². The predicted octanol–water partition coefficient (Wildman–Crippen LogP) is 6.59. The van der Waals surface area contributed by atoms with E-state index in [9.17, 15) is 0 Å². The van der Waals surface area contributed by atoms with Gasteiger partial charge in [-0.1, -0.05) is 68.0 Å². The van der Waals surface area contributed by atoms with Crippen LogP contribution in [0, 0.1) is 5.92 Å². The first-order chi connectivity index (χ1) is 14.6. The fourth-order valence-electron chi connectivity index (χ4n) is 4.19. The number of methoxy groups -OCH3 is 1. The lowest BCUT2D eigenvalue weighted by molar-refractivity contribution is 0.215. The molecule has 0 bridgehead atoms. The SMILES string of the molecule is CCOC.CN1Cc2cc(Cl)ccc2C(NCCCCCC2CC2)c2ccccc21. The number of nitrogens with one attached hydrogen (secondary N) is 1. The largest absolute Gasteiger partial charge is 0.385 e. The number of hydrogen-bond donors (Lipinski definition) is 1. The topological polar surface area (TPSA) is 24.5 Å². The van der Waals surface area contributed by atoms with Gasteiger partial charge in [-0.3, -0.25) is 0 Å². The van der Waals surface area contributed by atoms with Gasteiger partial charge in [-0.25, -0.2) is 0 Å². The van der Waals surface area contributed by atoms with Crippen LogP contribution in [-0.2, 0) is 11.3 Å². The average molecular weight is 429 g/mol. The summed E-state index contributed by atoms with van der Waals surface area (Å²) >= 11 is 6.29. The molecule has 4 heteroatoms. The monoisotopic (exact) mass is 428 g/mol. The Balaban J connectivity index is 0.000000589. The summed E-state index contributed by atoms with van der Waals surface area (Å²) in [5, 5.41) is 4.67. The maximum absolute atomic E-state index is 6.29. The predicted molar refractivity (Wildman–Crippen MR) is 129 cm³/mol. The second-order valence-corrected chi connectivity index (χ2v) is 8.95. The van der Waals surface area contributed by atoms with Gasteiger partial charge in [0, 0.05) is 38.0 Å². The number of halogens is 1. The molecule has 4 rings (SSSR count). The first-order valence-corrected chi connectivity index (χ1v) is 11.8. The zero-order valence-electron chi connectivity index (χ0n) is 18.8. The Morgan fingerprint density at radius 3 is 2.57 bits per heavy atom. The van der Waals surface area contributed by atoms with Crippen LogP contribution in [0.5, 0.6) is 0 Å². The summed E-state index contributed by atoms with van der Waals surface area (Å²) in [4.78, 5) is 2.34. The van der Waals surface area contributed by atoms with Gasteiger partial charge in [-0.05, 0) is 60.7 Å². The molecule has 1 aliphatic carbocycles. The summed E-state index contributed by atoms with van der Waals surface area (Å²) in [6.45, 7) is 4.74. The van der Waals surface area contributed by atoms with Gasteiger partial charge >= 0.3 is 0 Å². The zero-order chi connectivity index (χ0) is 21.3.